The molecule has 0 aliphatic carbocycles. The van der Waals surface area contributed by atoms with Gasteiger partial charge in [0.05, 0.1) is 5.52 Å². The first-order valence-corrected chi connectivity index (χ1v) is 8.30. The molecule has 1 aromatic heterocycles. The summed E-state index contributed by atoms with van der Waals surface area (Å²) in [5.41, 5.74) is 3.03. The first kappa shape index (κ1) is 17.9. The molecule has 1 heterocycles. The number of amides is 1. The van der Waals surface area contributed by atoms with E-state index in [1.165, 1.54) is 0 Å². The SMILES string of the molecule is Cc1[nH]nc2cc(C(O)C(O)CNC(=O)OCc3ccccc3)ccc12. The zero-order valence-electron chi connectivity index (χ0n) is 14.3. The Balaban J connectivity index is 1.51. The highest BCUT2D eigenvalue weighted by Gasteiger charge is 2.20. The van der Waals surface area contributed by atoms with Gasteiger partial charge in [0.25, 0.3) is 0 Å². The lowest BCUT2D eigenvalue weighted by molar-refractivity contribution is 0.0185. The fourth-order valence-electron chi connectivity index (χ4n) is 2.64. The van der Waals surface area contributed by atoms with E-state index in [0.29, 0.717) is 11.1 Å². The molecule has 0 bridgehead atoms. The van der Waals surface area contributed by atoms with E-state index < -0.39 is 18.3 Å². The molecule has 2 aromatic carbocycles. The van der Waals surface area contributed by atoms with Crippen molar-refractivity contribution in [1.29, 1.82) is 0 Å². The lowest BCUT2D eigenvalue weighted by atomic mass is 10.0. The molecule has 4 N–H and O–H groups in total. The normalized spacial score (nSPS) is 13.3. The van der Waals surface area contributed by atoms with Crippen molar-refractivity contribution in [2.24, 2.45) is 0 Å². The Kier molecular flexibility index (Phi) is 5.50. The molecule has 0 spiro atoms. The van der Waals surface area contributed by atoms with Crippen LogP contribution < -0.4 is 5.32 Å². The molecular formula is C19H21N3O4. The van der Waals surface area contributed by atoms with E-state index in [1.54, 1.807) is 12.1 Å². The number of nitrogens with zero attached hydrogens (tertiary/aromatic N) is 1. The van der Waals surface area contributed by atoms with E-state index in [2.05, 4.69) is 15.5 Å². The van der Waals surface area contributed by atoms with Gasteiger partial charge in [0, 0.05) is 17.6 Å². The molecule has 0 fully saturated rings. The zero-order valence-corrected chi connectivity index (χ0v) is 14.3. The maximum atomic E-state index is 11.7. The Bertz CT molecular complexity index is 879. The number of hydrogen-bond donors (Lipinski definition) is 4. The summed E-state index contributed by atoms with van der Waals surface area (Å²) in [6.45, 7) is 1.91. The van der Waals surface area contributed by atoms with Crippen molar-refractivity contribution in [3.8, 4) is 0 Å². The van der Waals surface area contributed by atoms with E-state index in [1.807, 2.05) is 43.3 Å². The van der Waals surface area contributed by atoms with Crippen molar-refractivity contribution in [3.63, 3.8) is 0 Å². The summed E-state index contributed by atoms with van der Waals surface area (Å²) in [6, 6.07) is 14.6. The third kappa shape index (κ3) is 4.19. The van der Waals surface area contributed by atoms with Gasteiger partial charge in [-0.2, -0.15) is 5.10 Å². The Morgan fingerprint density at radius 1 is 1.23 bits per heavy atom. The van der Waals surface area contributed by atoms with Gasteiger partial charge in [-0.3, -0.25) is 5.10 Å². The zero-order chi connectivity index (χ0) is 18.5. The van der Waals surface area contributed by atoms with Crippen LogP contribution in [0.5, 0.6) is 0 Å². The summed E-state index contributed by atoms with van der Waals surface area (Å²) >= 11 is 0. The van der Waals surface area contributed by atoms with Gasteiger partial charge in [0.1, 0.15) is 18.8 Å². The number of rotatable bonds is 6. The number of alkyl carbamates (subject to hydrolysis) is 1. The maximum absolute atomic E-state index is 11.7. The Hall–Kier alpha value is -2.90. The number of fused-ring (bicyclic) bond motifs is 1. The predicted octanol–water partition coefficient (Wildman–Crippen LogP) is 2.19. The van der Waals surface area contributed by atoms with Crippen LogP contribution in [0.15, 0.2) is 48.5 Å². The highest BCUT2D eigenvalue weighted by atomic mass is 16.5. The Morgan fingerprint density at radius 2 is 2.00 bits per heavy atom. The van der Waals surface area contributed by atoms with E-state index in [9.17, 15) is 15.0 Å². The van der Waals surface area contributed by atoms with Crippen LogP contribution in [0.3, 0.4) is 0 Å². The van der Waals surface area contributed by atoms with Crippen molar-refractivity contribution in [2.75, 3.05) is 6.54 Å². The molecule has 0 saturated heterocycles. The summed E-state index contributed by atoms with van der Waals surface area (Å²) in [4.78, 5) is 11.7. The fraction of sp³-hybridized carbons (Fsp3) is 0.263. The van der Waals surface area contributed by atoms with Crippen molar-refractivity contribution < 1.29 is 19.7 Å². The largest absolute Gasteiger partial charge is 0.445 e. The standard InChI is InChI=1S/C19H21N3O4/c1-12-15-8-7-14(9-16(15)22-21-12)18(24)17(23)10-20-19(25)26-11-13-5-3-2-4-6-13/h2-9,17-18,23-24H,10-11H2,1H3,(H,20,25)(H,21,22). The first-order chi connectivity index (χ1) is 12.5. The number of aromatic amines is 1. The Morgan fingerprint density at radius 3 is 2.77 bits per heavy atom. The van der Waals surface area contributed by atoms with Crippen molar-refractivity contribution in [3.05, 3.63) is 65.4 Å². The summed E-state index contributed by atoms with van der Waals surface area (Å²) in [5.74, 6) is 0. The van der Waals surface area contributed by atoms with Gasteiger partial charge in [-0.15, -0.1) is 0 Å². The van der Waals surface area contributed by atoms with Crippen LogP contribution in [0.4, 0.5) is 4.79 Å². The molecular weight excluding hydrogens is 334 g/mol. The summed E-state index contributed by atoms with van der Waals surface area (Å²) in [6.07, 6.45) is -2.97. The number of aromatic nitrogens is 2. The van der Waals surface area contributed by atoms with Gasteiger partial charge in [-0.1, -0.05) is 42.5 Å². The van der Waals surface area contributed by atoms with Gasteiger partial charge >= 0.3 is 6.09 Å². The number of nitrogens with one attached hydrogen (secondary N) is 2. The number of benzene rings is 2. The van der Waals surface area contributed by atoms with Crippen molar-refractivity contribution in [1.82, 2.24) is 15.5 Å². The number of carbonyl (C=O) groups excluding carboxylic acids is 1. The van der Waals surface area contributed by atoms with Gasteiger partial charge in [0.15, 0.2) is 0 Å². The minimum absolute atomic E-state index is 0.133. The van der Waals surface area contributed by atoms with Crippen LogP contribution in [0.2, 0.25) is 0 Å². The number of H-pyrrole nitrogens is 1. The predicted molar refractivity (Wildman–Crippen MR) is 96.4 cm³/mol. The summed E-state index contributed by atoms with van der Waals surface area (Å²) < 4.78 is 5.07. The first-order valence-electron chi connectivity index (χ1n) is 8.30. The molecule has 7 heteroatoms. The molecule has 26 heavy (non-hydrogen) atoms. The molecule has 7 nitrogen and oxygen atoms in total. The number of hydrogen-bond acceptors (Lipinski definition) is 5. The van der Waals surface area contributed by atoms with Crippen LogP contribution in [0.25, 0.3) is 10.9 Å². The molecule has 0 aliphatic rings. The number of aryl methyl sites for hydroxylation is 1. The van der Waals surface area contributed by atoms with E-state index in [-0.39, 0.29) is 13.2 Å². The monoisotopic (exact) mass is 355 g/mol. The molecule has 3 rings (SSSR count). The third-order valence-electron chi connectivity index (χ3n) is 4.14. The topological polar surface area (TPSA) is 107 Å². The van der Waals surface area contributed by atoms with Gasteiger partial charge in [-0.25, -0.2) is 4.79 Å². The van der Waals surface area contributed by atoms with E-state index in [0.717, 1.165) is 16.6 Å². The van der Waals surface area contributed by atoms with Gasteiger partial charge < -0.3 is 20.3 Å². The molecule has 1 amide bonds. The molecule has 2 atom stereocenters. The average Bonchev–Trinajstić information content (AvgIpc) is 3.05. The lowest BCUT2D eigenvalue weighted by Gasteiger charge is -2.18. The lowest BCUT2D eigenvalue weighted by Crippen LogP contribution is -2.35. The molecule has 0 aliphatic heterocycles. The summed E-state index contributed by atoms with van der Waals surface area (Å²) in [5, 5.41) is 30.9. The third-order valence-corrected chi connectivity index (χ3v) is 4.14. The second kappa shape index (κ2) is 7.99. The molecule has 136 valence electrons. The van der Waals surface area contributed by atoms with Crippen molar-refractivity contribution >= 4 is 17.0 Å². The van der Waals surface area contributed by atoms with Crippen LogP contribution >= 0.6 is 0 Å². The number of carbonyl (C=O) groups is 1. The maximum Gasteiger partial charge on any atom is 0.407 e. The minimum atomic E-state index is -1.17. The highest BCUT2D eigenvalue weighted by Crippen LogP contribution is 2.22. The van der Waals surface area contributed by atoms with E-state index in [4.69, 9.17) is 4.74 Å². The fourth-order valence-corrected chi connectivity index (χ4v) is 2.64. The van der Waals surface area contributed by atoms with E-state index >= 15 is 0 Å². The van der Waals surface area contributed by atoms with Crippen LogP contribution in [-0.2, 0) is 11.3 Å². The average molecular weight is 355 g/mol. The number of ether oxygens (including phenoxy) is 1. The Labute approximate surface area is 150 Å². The summed E-state index contributed by atoms with van der Waals surface area (Å²) in [7, 11) is 0. The number of aliphatic hydroxyl groups is 2. The van der Waals surface area contributed by atoms with Crippen LogP contribution in [0.1, 0.15) is 22.9 Å². The molecule has 2 unspecified atom stereocenters. The van der Waals surface area contributed by atoms with Crippen LogP contribution in [0, 0.1) is 6.92 Å². The van der Waals surface area contributed by atoms with Crippen molar-refractivity contribution in [2.45, 2.75) is 25.7 Å². The quantitative estimate of drug-likeness (QED) is 0.542. The second-order valence-corrected chi connectivity index (χ2v) is 6.08. The highest BCUT2D eigenvalue weighted by molar-refractivity contribution is 5.81. The van der Waals surface area contributed by atoms with Crippen LogP contribution in [-0.4, -0.2) is 39.2 Å². The van der Waals surface area contributed by atoms with Gasteiger partial charge in [-0.05, 0) is 24.1 Å². The minimum Gasteiger partial charge on any atom is -0.445 e. The second-order valence-electron chi connectivity index (χ2n) is 6.08. The molecule has 0 saturated carbocycles. The van der Waals surface area contributed by atoms with Gasteiger partial charge in [0.2, 0.25) is 0 Å². The molecule has 3 aromatic rings. The number of aliphatic hydroxyl groups excluding tert-OH is 2. The molecule has 0 radical (unpaired) electrons. The smallest absolute Gasteiger partial charge is 0.407 e.